The minimum absolute atomic E-state index is 0.533. The molecule has 0 amide bonds. The second kappa shape index (κ2) is 4.16. The quantitative estimate of drug-likeness (QED) is 0.915. The molecular formula is C14H15ClO3. The Kier molecular flexibility index (Phi) is 2.74. The topological polar surface area (TPSA) is 46.5 Å². The first kappa shape index (κ1) is 11.8. The van der Waals surface area contributed by atoms with Gasteiger partial charge in [0.1, 0.15) is 5.75 Å². The van der Waals surface area contributed by atoms with Crippen molar-refractivity contribution in [3.05, 3.63) is 28.3 Å². The van der Waals surface area contributed by atoms with Gasteiger partial charge in [0, 0.05) is 11.4 Å². The molecule has 18 heavy (non-hydrogen) atoms. The van der Waals surface area contributed by atoms with Crippen molar-refractivity contribution >= 4 is 17.6 Å². The summed E-state index contributed by atoms with van der Waals surface area (Å²) in [5.41, 5.74) is 1.47. The summed E-state index contributed by atoms with van der Waals surface area (Å²) < 4.78 is 5.63. The normalized spacial score (nSPS) is 19.8. The van der Waals surface area contributed by atoms with Crippen molar-refractivity contribution in [3.63, 3.8) is 0 Å². The number of carboxylic acid groups (broad SMARTS) is 1. The summed E-state index contributed by atoms with van der Waals surface area (Å²) in [6.07, 6.45) is 3.90. The summed E-state index contributed by atoms with van der Waals surface area (Å²) in [5, 5.41) is 10.1. The number of hydrogen-bond donors (Lipinski definition) is 1. The lowest BCUT2D eigenvalue weighted by Gasteiger charge is -2.38. The van der Waals surface area contributed by atoms with Gasteiger partial charge >= 0.3 is 5.97 Å². The van der Waals surface area contributed by atoms with Crippen LogP contribution in [0, 0.1) is 5.41 Å². The molecule has 1 heterocycles. The Hall–Kier alpha value is -1.22. The van der Waals surface area contributed by atoms with E-state index >= 15 is 0 Å². The molecule has 1 aromatic carbocycles. The van der Waals surface area contributed by atoms with Crippen LogP contribution in [0.15, 0.2) is 12.1 Å². The fourth-order valence-electron chi connectivity index (χ4n) is 2.91. The van der Waals surface area contributed by atoms with Gasteiger partial charge in [0.25, 0.3) is 0 Å². The summed E-state index contributed by atoms with van der Waals surface area (Å²) in [6, 6.07) is 3.77. The minimum Gasteiger partial charge on any atom is -0.493 e. The van der Waals surface area contributed by atoms with Crippen LogP contribution < -0.4 is 4.74 Å². The van der Waals surface area contributed by atoms with Crippen LogP contribution in [0.3, 0.4) is 0 Å². The summed E-state index contributed by atoms with van der Waals surface area (Å²) in [5.74, 6) is 0.174. The molecule has 3 nitrogen and oxygen atoms in total. The Morgan fingerprint density at radius 1 is 1.44 bits per heavy atom. The highest BCUT2D eigenvalue weighted by Crippen LogP contribution is 2.46. The zero-order valence-electron chi connectivity index (χ0n) is 10.0. The predicted octanol–water partition coefficient (Wildman–Crippen LogP) is 3.07. The standard InChI is InChI=1S/C14H15ClO3/c15-11-6-9-2-5-18-12(9)10(7-11)8-14(13(16)17)3-1-4-14/h6-7H,1-5,8H2,(H,16,17). The number of aliphatic carboxylic acids is 1. The van der Waals surface area contributed by atoms with Crippen molar-refractivity contribution in [2.24, 2.45) is 5.41 Å². The van der Waals surface area contributed by atoms with Crippen molar-refractivity contribution in [3.8, 4) is 5.75 Å². The Morgan fingerprint density at radius 2 is 2.22 bits per heavy atom. The molecule has 0 spiro atoms. The second-order valence-corrected chi connectivity index (χ2v) is 5.70. The lowest BCUT2D eigenvalue weighted by Crippen LogP contribution is -2.39. The van der Waals surface area contributed by atoms with Crippen molar-refractivity contribution < 1.29 is 14.6 Å². The van der Waals surface area contributed by atoms with Crippen LogP contribution in [0.25, 0.3) is 0 Å². The van der Waals surface area contributed by atoms with Crippen LogP contribution in [-0.4, -0.2) is 17.7 Å². The molecule has 4 heteroatoms. The molecule has 0 radical (unpaired) electrons. The Bertz CT molecular complexity index is 506. The molecule has 96 valence electrons. The molecule has 0 aromatic heterocycles. The molecule has 0 unspecified atom stereocenters. The molecule has 0 saturated heterocycles. The molecular weight excluding hydrogens is 252 g/mol. The van der Waals surface area contributed by atoms with E-state index in [1.807, 2.05) is 12.1 Å². The maximum atomic E-state index is 11.4. The molecule has 0 bridgehead atoms. The van der Waals surface area contributed by atoms with Crippen LogP contribution in [0.1, 0.15) is 30.4 Å². The summed E-state index contributed by atoms with van der Waals surface area (Å²) in [7, 11) is 0. The monoisotopic (exact) mass is 266 g/mol. The van der Waals surface area contributed by atoms with Gasteiger partial charge in [-0.05, 0) is 42.5 Å². The van der Waals surface area contributed by atoms with E-state index in [0.717, 1.165) is 42.6 Å². The highest BCUT2D eigenvalue weighted by molar-refractivity contribution is 6.30. The van der Waals surface area contributed by atoms with Crippen molar-refractivity contribution in [1.29, 1.82) is 0 Å². The van der Waals surface area contributed by atoms with Crippen molar-refractivity contribution in [2.75, 3.05) is 6.61 Å². The number of ether oxygens (including phenoxy) is 1. The van der Waals surface area contributed by atoms with E-state index in [9.17, 15) is 9.90 Å². The third-order valence-corrected chi connectivity index (χ3v) is 4.34. The Balaban J connectivity index is 1.95. The van der Waals surface area contributed by atoms with E-state index in [-0.39, 0.29) is 0 Å². The fourth-order valence-corrected chi connectivity index (χ4v) is 3.18. The Morgan fingerprint density at radius 3 is 2.83 bits per heavy atom. The number of halogens is 1. The summed E-state index contributed by atoms with van der Waals surface area (Å²) in [6.45, 7) is 0.669. The van der Waals surface area contributed by atoms with Crippen LogP contribution >= 0.6 is 11.6 Å². The molecule has 1 fully saturated rings. The van der Waals surface area contributed by atoms with Gasteiger partial charge in [-0.3, -0.25) is 4.79 Å². The largest absolute Gasteiger partial charge is 0.493 e. The lowest BCUT2D eigenvalue weighted by atomic mass is 9.65. The second-order valence-electron chi connectivity index (χ2n) is 5.27. The minimum atomic E-state index is -0.694. The van der Waals surface area contributed by atoms with Gasteiger partial charge in [-0.25, -0.2) is 0 Å². The number of carbonyl (C=O) groups is 1. The number of carboxylic acids is 1. The van der Waals surface area contributed by atoms with E-state index in [1.54, 1.807) is 0 Å². The number of hydrogen-bond acceptors (Lipinski definition) is 2. The van der Waals surface area contributed by atoms with Crippen molar-refractivity contribution in [1.82, 2.24) is 0 Å². The van der Waals surface area contributed by atoms with Crippen LogP contribution in [0.4, 0.5) is 0 Å². The van der Waals surface area contributed by atoms with Gasteiger partial charge in [-0.15, -0.1) is 0 Å². The maximum absolute atomic E-state index is 11.4. The smallest absolute Gasteiger partial charge is 0.309 e. The fraction of sp³-hybridized carbons (Fsp3) is 0.500. The molecule has 2 aliphatic rings. The highest BCUT2D eigenvalue weighted by Gasteiger charge is 2.45. The first-order chi connectivity index (χ1) is 8.61. The van der Waals surface area contributed by atoms with E-state index in [2.05, 4.69) is 0 Å². The molecule has 1 aliphatic carbocycles. The number of rotatable bonds is 3. The molecule has 1 aliphatic heterocycles. The van der Waals surface area contributed by atoms with Crippen LogP contribution in [-0.2, 0) is 17.6 Å². The third kappa shape index (κ3) is 1.77. The van der Waals surface area contributed by atoms with Crippen LogP contribution in [0.5, 0.6) is 5.75 Å². The SMILES string of the molecule is O=C(O)C1(Cc2cc(Cl)cc3c2OCC3)CCC1. The van der Waals surface area contributed by atoms with E-state index < -0.39 is 11.4 Å². The molecule has 1 N–H and O–H groups in total. The predicted molar refractivity (Wildman–Crippen MR) is 68.3 cm³/mol. The van der Waals surface area contributed by atoms with Crippen molar-refractivity contribution in [2.45, 2.75) is 32.1 Å². The molecule has 0 atom stereocenters. The average Bonchev–Trinajstić information content (AvgIpc) is 2.70. The van der Waals surface area contributed by atoms with Gasteiger partial charge in [0.15, 0.2) is 0 Å². The van der Waals surface area contributed by atoms with E-state index in [4.69, 9.17) is 16.3 Å². The first-order valence-electron chi connectivity index (χ1n) is 6.28. The third-order valence-electron chi connectivity index (χ3n) is 4.12. The van der Waals surface area contributed by atoms with Gasteiger partial charge in [-0.2, -0.15) is 0 Å². The number of fused-ring (bicyclic) bond motifs is 1. The molecule has 1 aromatic rings. The summed E-state index contributed by atoms with van der Waals surface area (Å²) in [4.78, 5) is 11.4. The zero-order valence-corrected chi connectivity index (χ0v) is 10.8. The average molecular weight is 267 g/mol. The highest BCUT2D eigenvalue weighted by atomic mass is 35.5. The first-order valence-corrected chi connectivity index (χ1v) is 6.66. The van der Waals surface area contributed by atoms with Crippen LogP contribution in [0.2, 0.25) is 5.02 Å². The molecule has 1 saturated carbocycles. The van der Waals surface area contributed by atoms with E-state index in [1.165, 1.54) is 0 Å². The zero-order chi connectivity index (χ0) is 12.8. The maximum Gasteiger partial charge on any atom is 0.309 e. The van der Waals surface area contributed by atoms with Gasteiger partial charge in [0.05, 0.1) is 12.0 Å². The van der Waals surface area contributed by atoms with E-state index in [0.29, 0.717) is 18.1 Å². The van der Waals surface area contributed by atoms with Gasteiger partial charge < -0.3 is 9.84 Å². The number of benzene rings is 1. The Labute approximate surface area is 111 Å². The summed E-state index contributed by atoms with van der Waals surface area (Å²) >= 11 is 6.10. The van der Waals surface area contributed by atoms with Gasteiger partial charge in [0.2, 0.25) is 0 Å². The van der Waals surface area contributed by atoms with Gasteiger partial charge in [-0.1, -0.05) is 18.0 Å². The lowest BCUT2D eigenvalue weighted by molar-refractivity contribution is -0.154. The molecule has 3 rings (SSSR count).